The van der Waals surface area contributed by atoms with E-state index in [0.717, 1.165) is 37.2 Å². The largest absolute Gasteiger partial charge is 0.385 e. The highest BCUT2D eigenvalue weighted by molar-refractivity contribution is 5.27. The maximum Gasteiger partial charge on any atom is 0.0896 e. The summed E-state index contributed by atoms with van der Waals surface area (Å²) in [4.78, 5) is 0. The Morgan fingerprint density at radius 1 is 1.11 bits per heavy atom. The normalized spacial score (nSPS) is 28.1. The molecule has 1 aliphatic carbocycles. The minimum absolute atomic E-state index is 0.575. The molecule has 19 heavy (non-hydrogen) atoms. The lowest BCUT2D eigenvalue weighted by molar-refractivity contribution is 0.0196. The summed E-state index contributed by atoms with van der Waals surface area (Å²) in [6, 6.07) is 8.69. The smallest absolute Gasteiger partial charge is 0.0896 e. The van der Waals surface area contributed by atoms with Gasteiger partial charge in [-0.3, -0.25) is 0 Å². The minimum Gasteiger partial charge on any atom is -0.385 e. The number of aryl methyl sites for hydroxylation is 1. The molecule has 0 spiro atoms. The molecule has 1 fully saturated rings. The van der Waals surface area contributed by atoms with Crippen molar-refractivity contribution in [3.8, 4) is 0 Å². The molecule has 0 bridgehead atoms. The average molecular weight is 260 g/mol. The third-order valence-corrected chi connectivity index (χ3v) is 4.78. The lowest BCUT2D eigenvalue weighted by Crippen LogP contribution is -2.24. The Morgan fingerprint density at radius 2 is 1.84 bits per heavy atom. The Hall–Kier alpha value is -0.820. The summed E-state index contributed by atoms with van der Waals surface area (Å²) >= 11 is 0. The van der Waals surface area contributed by atoms with Gasteiger partial charge in [0.15, 0.2) is 0 Å². The quantitative estimate of drug-likeness (QED) is 0.770. The number of benzene rings is 1. The molecule has 1 nitrogen and oxygen atoms in total. The molecule has 2 rings (SSSR count). The predicted octanol–water partition coefficient (Wildman–Crippen LogP) is 4.82. The molecule has 0 aliphatic heterocycles. The maximum absolute atomic E-state index is 11.0. The third kappa shape index (κ3) is 3.60. The molecule has 0 aromatic heterocycles. The Balaban J connectivity index is 2.10. The van der Waals surface area contributed by atoms with E-state index in [-0.39, 0.29) is 0 Å². The molecule has 0 radical (unpaired) electrons. The predicted molar refractivity (Wildman–Crippen MR) is 81.2 cm³/mol. The number of hydrogen-bond donors (Lipinski definition) is 1. The van der Waals surface area contributed by atoms with Crippen molar-refractivity contribution >= 4 is 0 Å². The van der Waals surface area contributed by atoms with Crippen LogP contribution in [0.1, 0.15) is 69.9 Å². The van der Waals surface area contributed by atoms with Gasteiger partial charge in [0.2, 0.25) is 0 Å². The van der Waals surface area contributed by atoms with Crippen molar-refractivity contribution in [2.75, 3.05) is 0 Å². The first-order valence-electron chi connectivity index (χ1n) is 7.99. The summed E-state index contributed by atoms with van der Waals surface area (Å²) in [5, 5.41) is 11.0. The topological polar surface area (TPSA) is 20.2 Å². The van der Waals surface area contributed by atoms with E-state index in [9.17, 15) is 5.11 Å². The van der Waals surface area contributed by atoms with Crippen LogP contribution in [0.2, 0.25) is 0 Å². The van der Waals surface area contributed by atoms with Crippen LogP contribution in [0.25, 0.3) is 0 Å². The van der Waals surface area contributed by atoms with Crippen molar-refractivity contribution in [1.29, 1.82) is 0 Å². The summed E-state index contributed by atoms with van der Waals surface area (Å²) in [5.74, 6) is 0.813. The molecule has 2 unspecified atom stereocenters. The third-order valence-electron chi connectivity index (χ3n) is 4.78. The van der Waals surface area contributed by atoms with Crippen LogP contribution in [0.15, 0.2) is 24.3 Å². The van der Waals surface area contributed by atoms with Crippen LogP contribution in [0, 0.1) is 5.92 Å². The second kappa shape index (κ2) is 6.56. The van der Waals surface area contributed by atoms with E-state index in [4.69, 9.17) is 0 Å². The van der Waals surface area contributed by atoms with E-state index >= 15 is 0 Å². The molecule has 1 saturated carbocycles. The molecule has 0 amide bonds. The van der Waals surface area contributed by atoms with Crippen LogP contribution in [-0.4, -0.2) is 5.11 Å². The second-order valence-corrected chi connectivity index (χ2v) is 6.18. The number of aliphatic hydroxyl groups is 1. The van der Waals surface area contributed by atoms with Gasteiger partial charge in [-0.2, -0.15) is 0 Å². The molecule has 0 heterocycles. The van der Waals surface area contributed by atoms with E-state index in [1.165, 1.54) is 31.2 Å². The molecule has 2 atom stereocenters. The Morgan fingerprint density at radius 3 is 2.47 bits per heavy atom. The standard InChI is InChI=1S/C18H28O/c1-3-6-16-8-10-17(11-9-16)18(19)13-5-7-15(4-2)12-14-18/h8-11,15,19H,3-7,12-14H2,1-2H3. The Kier molecular flexibility index (Phi) is 5.04. The zero-order valence-electron chi connectivity index (χ0n) is 12.5. The zero-order chi connectivity index (χ0) is 13.7. The Labute approximate surface area is 118 Å². The van der Waals surface area contributed by atoms with Crippen LogP contribution in [0.4, 0.5) is 0 Å². The van der Waals surface area contributed by atoms with Crippen LogP contribution < -0.4 is 0 Å². The Bertz CT molecular complexity index is 381. The summed E-state index contributed by atoms with van der Waals surface area (Å²) < 4.78 is 0. The fourth-order valence-corrected chi connectivity index (χ4v) is 3.36. The van der Waals surface area contributed by atoms with Crippen molar-refractivity contribution in [2.24, 2.45) is 5.92 Å². The second-order valence-electron chi connectivity index (χ2n) is 6.18. The molecule has 0 saturated heterocycles. The van der Waals surface area contributed by atoms with Crippen molar-refractivity contribution < 1.29 is 5.11 Å². The molecule has 1 N–H and O–H groups in total. The van der Waals surface area contributed by atoms with Gasteiger partial charge in [-0.05, 0) is 49.1 Å². The average Bonchev–Trinajstić information content (AvgIpc) is 2.63. The van der Waals surface area contributed by atoms with E-state index in [1.807, 2.05) is 0 Å². The maximum atomic E-state index is 11.0. The van der Waals surface area contributed by atoms with Crippen molar-refractivity contribution in [3.63, 3.8) is 0 Å². The van der Waals surface area contributed by atoms with Gasteiger partial charge in [-0.1, -0.05) is 57.4 Å². The first-order valence-corrected chi connectivity index (χ1v) is 7.99. The van der Waals surface area contributed by atoms with Gasteiger partial charge in [0.05, 0.1) is 5.60 Å². The van der Waals surface area contributed by atoms with Crippen LogP contribution >= 0.6 is 0 Å². The van der Waals surface area contributed by atoms with Crippen molar-refractivity contribution in [1.82, 2.24) is 0 Å². The lowest BCUT2D eigenvalue weighted by Gasteiger charge is -2.27. The molecular formula is C18H28O. The number of hydrogen-bond acceptors (Lipinski definition) is 1. The van der Waals surface area contributed by atoms with Gasteiger partial charge in [0, 0.05) is 0 Å². The molecule has 1 aliphatic rings. The van der Waals surface area contributed by atoms with Crippen LogP contribution in [-0.2, 0) is 12.0 Å². The molecule has 1 heteroatoms. The first kappa shape index (κ1) is 14.6. The molecule has 1 aromatic carbocycles. The SMILES string of the molecule is CCCc1ccc(C2(O)CCCC(CC)CC2)cc1. The van der Waals surface area contributed by atoms with E-state index in [2.05, 4.69) is 38.1 Å². The molecule has 106 valence electrons. The minimum atomic E-state index is -0.575. The van der Waals surface area contributed by atoms with Crippen LogP contribution in [0.3, 0.4) is 0 Å². The van der Waals surface area contributed by atoms with E-state index < -0.39 is 5.60 Å². The van der Waals surface area contributed by atoms with Gasteiger partial charge in [-0.25, -0.2) is 0 Å². The van der Waals surface area contributed by atoms with E-state index in [1.54, 1.807) is 0 Å². The van der Waals surface area contributed by atoms with Crippen molar-refractivity contribution in [3.05, 3.63) is 35.4 Å². The number of rotatable bonds is 4. The van der Waals surface area contributed by atoms with Gasteiger partial charge in [0.1, 0.15) is 0 Å². The van der Waals surface area contributed by atoms with Gasteiger partial charge < -0.3 is 5.11 Å². The summed E-state index contributed by atoms with van der Waals surface area (Å²) in [6.45, 7) is 4.48. The van der Waals surface area contributed by atoms with Gasteiger partial charge in [0.25, 0.3) is 0 Å². The summed E-state index contributed by atoms with van der Waals surface area (Å²) in [6.07, 6.45) is 9.04. The fourth-order valence-electron chi connectivity index (χ4n) is 3.36. The summed E-state index contributed by atoms with van der Waals surface area (Å²) in [5.41, 5.74) is 1.94. The molecule has 1 aromatic rings. The highest BCUT2D eigenvalue weighted by Gasteiger charge is 2.31. The molecular weight excluding hydrogens is 232 g/mol. The van der Waals surface area contributed by atoms with E-state index in [0.29, 0.717) is 0 Å². The monoisotopic (exact) mass is 260 g/mol. The fraction of sp³-hybridized carbons (Fsp3) is 0.667. The van der Waals surface area contributed by atoms with Gasteiger partial charge >= 0.3 is 0 Å². The zero-order valence-corrected chi connectivity index (χ0v) is 12.5. The highest BCUT2D eigenvalue weighted by Crippen LogP contribution is 2.38. The lowest BCUT2D eigenvalue weighted by atomic mass is 9.85. The van der Waals surface area contributed by atoms with Crippen LogP contribution in [0.5, 0.6) is 0 Å². The first-order chi connectivity index (χ1) is 9.18. The highest BCUT2D eigenvalue weighted by atomic mass is 16.3. The van der Waals surface area contributed by atoms with Crippen molar-refractivity contribution in [2.45, 2.75) is 70.8 Å². The van der Waals surface area contributed by atoms with Gasteiger partial charge in [-0.15, -0.1) is 0 Å². The summed E-state index contributed by atoms with van der Waals surface area (Å²) in [7, 11) is 0.